The highest BCUT2D eigenvalue weighted by molar-refractivity contribution is 6.02. The molecule has 5 nitrogen and oxygen atoms in total. The molecule has 2 rings (SSSR count). The van der Waals surface area contributed by atoms with Gasteiger partial charge in [-0.2, -0.15) is 0 Å². The van der Waals surface area contributed by atoms with Crippen LogP contribution in [0.1, 0.15) is 0 Å². The highest BCUT2D eigenvalue weighted by Gasteiger charge is 2.25. The van der Waals surface area contributed by atoms with Crippen molar-refractivity contribution in [3.05, 3.63) is 48.3 Å². The first-order valence-corrected chi connectivity index (χ1v) is 5.20. The van der Waals surface area contributed by atoms with Crippen LogP contribution in [0.4, 0.5) is 0 Å². The summed E-state index contributed by atoms with van der Waals surface area (Å²) in [6.45, 7) is 0. The normalized spacial score (nSPS) is 18.3. The van der Waals surface area contributed by atoms with Crippen LogP contribution in [0.2, 0.25) is 0 Å². The Balaban J connectivity index is 2.25. The SMILES string of the molecule is O=C1C=CC(C(=O)O)C(Oc2cccc(O)c2)=C1. The molecule has 0 spiro atoms. The molecule has 0 aliphatic heterocycles. The summed E-state index contributed by atoms with van der Waals surface area (Å²) in [4.78, 5) is 22.2. The Kier molecular flexibility index (Phi) is 3.14. The summed E-state index contributed by atoms with van der Waals surface area (Å²) in [6.07, 6.45) is 3.58. The summed E-state index contributed by atoms with van der Waals surface area (Å²) in [5, 5.41) is 18.3. The summed E-state index contributed by atoms with van der Waals surface area (Å²) < 4.78 is 5.33. The van der Waals surface area contributed by atoms with Gasteiger partial charge in [-0.15, -0.1) is 0 Å². The van der Waals surface area contributed by atoms with E-state index in [0.29, 0.717) is 0 Å². The van der Waals surface area contributed by atoms with E-state index in [1.165, 1.54) is 24.3 Å². The van der Waals surface area contributed by atoms with E-state index in [4.69, 9.17) is 9.84 Å². The highest BCUT2D eigenvalue weighted by atomic mass is 16.5. The summed E-state index contributed by atoms with van der Waals surface area (Å²) in [5.41, 5.74) is 0. The lowest BCUT2D eigenvalue weighted by molar-refractivity contribution is -0.139. The van der Waals surface area contributed by atoms with Gasteiger partial charge in [-0.05, 0) is 18.2 Å². The van der Waals surface area contributed by atoms with E-state index in [-0.39, 0.29) is 23.0 Å². The average molecular weight is 246 g/mol. The van der Waals surface area contributed by atoms with Gasteiger partial charge in [0.05, 0.1) is 0 Å². The van der Waals surface area contributed by atoms with Gasteiger partial charge in [0.15, 0.2) is 5.78 Å². The van der Waals surface area contributed by atoms with Crippen molar-refractivity contribution in [2.45, 2.75) is 0 Å². The Labute approximate surface area is 103 Å². The maximum absolute atomic E-state index is 11.2. The zero-order chi connectivity index (χ0) is 13.1. The molecule has 1 aliphatic carbocycles. The van der Waals surface area contributed by atoms with E-state index in [0.717, 1.165) is 6.08 Å². The quantitative estimate of drug-likeness (QED) is 0.844. The van der Waals surface area contributed by atoms with Crippen LogP contribution in [-0.4, -0.2) is 22.0 Å². The van der Waals surface area contributed by atoms with E-state index in [9.17, 15) is 14.7 Å². The molecule has 0 heterocycles. The molecule has 1 aliphatic rings. The molecule has 0 saturated carbocycles. The monoisotopic (exact) mass is 246 g/mol. The van der Waals surface area contributed by atoms with Crippen molar-refractivity contribution in [2.24, 2.45) is 5.92 Å². The largest absolute Gasteiger partial charge is 0.508 e. The molecule has 0 aromatic heterocycles. The lowest BCUT2D eigenvalue weighted by Crippen LogP contribution is -2.21. The maximum Gasteiger partial charge on any atom is 0.318 e. The fourth-order valence-corrected chi connectivity index (χ4v) is 1.54. The number of carbonyl (C=O) groups is 2. The third-order valence-electron chi connectivity index (χ3n) is 2.36. The number of rotatable bonds is 3. The van der Waals surface area contributed by atoms with Gasteiger partial charge in [0, 0.05) is 12.1 Å². The molecule has 18 heavy (non-hydrogen) atoms. The second-order valence-electron chi connectivity index (χ2n) is 3.72. The standard InChI is InChI=1S/C13H10O5/c14-8-2-1-3-10(6-8)18-12-7-9(15)4-5-11(12)13(16)17/h1-7,11,14H,(H,16,17). The van der Waals surface area contributed by atoms with E-state index < -0.39 is 11.9 Å². The number of allylic oxidation sites excluding steroid dienone is 2. The Morgan fingerprint density at radius 2 is 2.11 bits per heavy atom. The fraction of sp³-hybridized carbons (Fsp3) is 0.0769. The van der Waals surface area contributed by atoms with E-state index in [1.54, 1.807) is 12.1 Å². The van der Waals surface area contributed by atoms with Crippen LogP contribution in [0.5, 0.6) is 11.5 Å². The maximum atomic E-state index is 11.2. The molecule has 1 aromatic carbocycles. The molecule has 1 atom stereocenters. The molecule has 2 N–H and O–H groups in total. The topological polar surface area (TPSA) is 83.8 Å². The van der Waals surface area contributed by atoms with Gasteiger partial charge >= 0.3 is 5.97 Å². The highest BCUT2D eigenvalue weighted by Crippen LogP contribution is 2.25. The van der Waals surface area contributed by atoms with Crippen molar-refractivity contribution in [3.8, 4) is 11.5 Å². The van der Waals surface area contributed by atoms with Crippen LogP contribution in [0.25, 0.3) is 0 Å². The number of carboxylic acid groups (broad SMARTS) is 1. The van der Waals surface area contributed by atoms with Crippen LogP contribution in [0, 0.1) is 5.92 Å². The minimum atomic E-state index is -1.11. The molecule has 0 saturated heterocycles. The van der Waals surface area contributed by atoms with Crippen LogP contribution in [0.3, 0.4) is 0 Å². The van der Waals surface area contributed by atoms with Crippen molar-refractivity contribution in [1.29, 1.82) is 0 Å². The van der Waals surface area contributed by atoms with Gasteiger partial charge < -0.3 is 14.9 Å². The van der Waals surface area contributed by atoms with Gasteiger partial charge in [-0.1, -0.05) is 12.1 Å². The van der Waals surface area contributed by atoms with E-state index in [1.807, 2.05) is 0 Å². The first-order valence-electron chi connectivity index (χ1n) is 5.20. The minimum Gasteiger partial charge on any atom is -0.508 e. The zero-order valence-electron chi connectivity index (χ0n) is 9.24. The Bertz CT molecular complexity index is 556. The summed E-state index contributed by atoms with van der Waals surface area (Å²) >= 11 is 0. The van der Waals surface area contributed by atoms with Gasteiger partial charge in [0.2, 0.25) is 0 Å². The molecule has 92 valence electrons. The molecular weight excluding hydrogens is 236 g/mol. The number of aromatic hydroxyl groups is 1. The first-order chi connectivity index (χ1) is 8.56. The van der Waals surface area contributed by atoms with Crippen LogP contribution >= 0.6 is 0 Å². The van der Waals surface area contributed by atoms with Gasteiger partial charge in [-0.3, -0.25) is 9.59 Å². The molecule has 1 unspecified atom stereocenters. The molecule has 0 bridgehead atoms. The lowest BCUT2D eigenvalue weighted by Gasteiger charge is -2.16. The number of benzene rings is 1. The van der Waals surface area contributed by atoms with E-state index in [2.05, 4.69) is 0 Å². The summed E-state index contributed by atoms with van der Waals surface area (Å²) in [7, 11) is 0. The number of phenols is 1. The second kappa shape index (κ2) is 4.75. The number of phenolic OH excluding ortho intramolecular Hbond substituents is 1. The van der Waals surface area contributed by atoms with Crippen molar-refractivity contribution in [1.82, 2.24) is 0 Å². The molecule has 0 amide bonds. The summed E-state index contributed by atoms with van der Waals surface area (Å²) in [5.74, 6) is -2.13. The molecule has 5 heteroatoms. The number of ketones is 1. The second-order valence-corrected chi connectivity index (χ2v) is 3.72. The number of hydrogen-bond acceptors (Lipinski definition) is 4. The van der Waals surface area contributed by atoms with Gasteiger partial charge in [0.1, 0.15) is 23.2 Å². The smallest absolute Gasteiger partial charge is 0.318 e. The minimum absolute atomic E-state index is 0.00217. The number of ether oxygens (including phenoxy) is 1. The average Bonchev–Trinajstić information content (AvgIpc) is 2.28. The third-order valence-corrected chi connectivity index (χ3v) is 2.36. The molecular formula is C13H10O5. The Morgan fingerprint density at radius 3 is 2.78 bits per heavy atom. The van der Waals surface area contributed by atoms with Crippen molar-refractivity contribution >= 4 is 11.8 Å². The number of carbonyl (C=O) groups excluding carboxylic acids is 1. The van der Waals surface area contributed by atoms with Crippen molar-refractivity contribution < 1.29 is 24.5 Å². The Hall–Kier alpha value is -2.56. The number of hydrogen-bond donors (Lipinski definition) is 2. The van der Waals surface area contributed by atoms with Crippen LogP contribution < -0.4 is 4.74 Å². The van der Waals surface area contributed by atoms with Crippen molar-refractivity contribution in [2.75, 3.05) is 0 Å². The van der Waals surface area contributed by atoms with Crippen molar-refractivity contribution in [3.63, 3.8) is 0 Å². The van der Waals surface area contributed by atoms with E-state index >= 15 is 0 Å². The lowest BCUT2D eigenvalue weighted by atomic mass is 10.0. The number of carboxylic acids is 1. The predicted octanol–water partition coefficient (Wildman–Crippen LogP) is 1.49. The third kappa shape index (κ3) is 2.57. The molecule has 0 radical (unpaired) electrons. The van der Waals surface area contributed by atoms with Gasteiger partial charge in [0.25, 0.3) is 0 Å². The van der Waals surface area contributed by atoms with Crippen LogP contribution in [0.15, 0.2) is 48.3 Å². The fourth-order valence-electron chi connectivity index (χ4n) is 1.54. The zero-order valence-corrected chi connectivity index (χ0v) is 9.24. The van der Waals surface area contributed by atoms with Gasteiger partial charge in [-0.25, -0.2) is 0 Å². The number of aliphatic carboxylic acids is 1. The Morgan fingerprint density at radius 1 is 1.33 bits per heavy atom. The predicted molar refractivity (Wildman–Crippen MR) is 62.1 cm³/mol. The summed E-state index contributed by atoms with van der Waals surface area (Å²) in [6, 6.07) is 5.91. The first kappa shape index (κ1) is 11.9. The molecule has 1 aromatic rings. The van der Waals surface area contributed by atoms with Crippen LogP contribution in [-0.2, 0) is 9.59 Å². The molecule has 0 fully saturated rings.